The molecule has 7 heteroatoms. The first-order valence-electron chi connectivity index (χ1n) is 8.65. The smallest absolute Gasteiger partial charge is 0.317 e. The Bertz CT molecular complexity index is 649. The molecule has 1 aromatic carbocycles. The molecule has 2 aliphatic heterocycles. The maximum absolute atomic E-state index is 12.8. The lowest BCUT2D eigenvalue weighted by Gasteiger charge is -2.37. The third-order valence-electron chi connectivity index (χ3n) is 4.92. The first kappa shape index (κ1) is 17.4. The molecule has 0 aromatic heterocycles. The third kappa shape index (κ3) is 3.81. The SMILES string of the molecule is COc1ccc(CC(=O)N2CCC[C@@H](N3CCNC3=O)C2)c(OC)c1. The summed E-state index contributed by atoms with van der Waals surface area (Å²) in [6.45, 7) is 2.75. The van der Waals surface area contributed by atoms with Gasteiger partial charge in [-0.1, -0.05) is 6.07 Å². The molecule has 0 unspecified atom stereocenters. The Morgan fingerprint density at radius 1 is 1.28 bits per heavy atom. The molecule has 0 saturated carbocycles. The number of piperidine rings is 1. The highest BCUT2D eigenvalue weighted by Gasteiger charge is 2.32. The summed E-state index contributed by atoms with van der Waals surface area (Å²) in [5.74, 6) is 1.42. The molecule has 2 heterocycles. The van der Waals surface area contributed by atoms with E-state index in [0.717, 1.165) is 31.5 Å². The number of hydrogen-bond donors (Lipinski definition) is 1. The van der Waals surface area contributed by atoms with Crippen LogP contribution in [0, 0.1) is 0 Å². The van der Waals surface area contributed by atoms with Gasteiger partial charge < -0.3 is 24.6 Å². The molecule has 1 N–H and O–H groups in total. The van der Waals surface area contributed by atoms with Crippen LogP contribution >= 0.6 is 0 Å². The van der Waals surface area contributed by atoms with Crippen LogP contribution in [0.25, 0.3) is 0 Å². The molecular weight excluding hydrogens is 322 g/mol. The highest BCUT2D eigenvalue weighted by molar-refractivity contribution is 5.80. The second-order valence-corrected chi connectivity index (χ2v) is 6.42. The number of rotatable bonds is 5. The van der Waals surface area contributed by atoms with Gasteiger partial charge in [0.05, 0.1) is 26.7 Å². The largest absolute Gasteiger partial charge is 0.497 e. The second kappa shape index (κ2) is 7.63. The van der Waals surface area contributed by atoms with E-state index in [9.17, 15) is 9.59 Å². The van der Waals surface area contributed by atoms with E-state index >= 15 is 0 Å². The van der Waals surface area contributed by atoms with Gasteiger partial charge in [0.15, 0.2) is 0 Å². The van der Waals surface area contributed by atoms with Crippen molar-refractivity contribution in [2.24, 2.45) is 0 Å². The minimum absolute atomic E-state index is 0.0175. The Hall–Kier alpha value is -2.44. The summed E-state index contributed by atoms with van der Waals surface area (Å²) >= 11 is 0. The molecule has 3 amide bonds. The fraction of sp³-hybridized carbons (Fsp3) is 0.556. The number of methoxy groups -OCH3 is 2. The van der Waals surface area contributed by atoms with E-state index in [4.69, 9.17) is 9.47 Å². The van der Waals surface area contributed by atoms with Crippen molar-refractivity contribution in [2.75, 3.05) is 40.4 Å². The maximum Gasteiger partial charge on any atom is 0.317 e. The van der Waals surface area contributed by atoms with Crippen LogP contribution in [0.15, 0.2) is 18.2 Å². The summed E-state index contributed by atoms with van der Waals surface area (Å²) in [5, 5.41) is 2.83. The number of urea groups is 1. The van der Waals surface area contributed by atoms with Gasteiger partial charge in [-0.25, -0.2) is 4.79 Å². The molecule has 2 saturated heterocycles. The summed E-state index contributed by atoms with van der Waals surface area (Å²) in [7, 11) is 3.19. The molecule has 7 nitrogen and oxygen atoms in total. The van der Waals surface area contributed by atoms with Gasteiger partial charge in [0.2, 0.25) is 5.91 Å². The van der Waals surface area contributed by atoms with E-state index in [0.29, 0.717) is 24.6 Å². The van der Waals surface area contributed by atoms with Crippen molar-refractivity contribution in [1.82, 2.24) is 15.1 Å². The molecule has 1 aromatic rings. The Kier molecular flexibility index (Phi) is 5.31. The average molecular weight is 347 g/mol. The van der Waals surface area contributed by atoms with Crippen LogP contribution in [0.2, 0.25) is 0 Å². The highest BCUT2D eigenvalue weighted by atomic mass is 16.5. The number of carbonyl (C=O) groups excluding carboxylic acids is 2. The van der Waals surface area contributed by atoms with E-state index in [1.54, 1.807) is 20.3 Å². The van der Waals surface area contributed by atoms with Gasteiger partial charge in [0.25, 0.3) is 0 Å². The molecule has 0 radical (unpaired) electrons. The fourth-order valence-corrected chi connectivity index (χ4v) is 3.54. The zero-order valence-corrected chi connectivity index (χ0v) is 14.8. The molecule has 2 aliphatic rings. The van der Waals surface area contributed by atoms with Crippen molar-refractivity contribution in [3.05, 3.63) is 23.8 Å². The number of benzene rings is 1. The van der Waals surface area contributed by atoms with Crippen LogP contribution in [-0.2, 0) is 11.2 Å². The number of likely N-dealkylation sites (tertiary alicyclic amines) is 1. The monoisotopic (exact) mass is 347 g/mol. The quantitative estimate of drug-likeness (QED) is 0.871. The Labute approximate surface area is 147 Å². The van der Waals surface area contributed by atoms with E-state index < -0.39 is 0 Å². The van der Waals surface area contributed by atoms with Crippen LogP contribution in [-0.4, -0.2) is 68.2 Å². The zero-order chi connectivity index (χ0) is 17.8. The standard InChI is InChI=1S/C18H25N3O4/c1-24-15-6-5-13(16(11-15)25-2)10-17(22)20-8-3-4-14(12-20)21-9-7-19-18(21)23/h5-6,11,14H,3-4,7-10,12H2,1-2H3,(H,19,23)/t14-/m1/s1. The highest BCUT2D eigenvalue weighted by Crippen LogP contribution is 2.26. The summed E-state index contributed by atoms with van der Waals surface area (Å²) in [5.41, 5.74) is 0.842. The lowest BCUT2D eigenvalue weighted by atomic mass is 10.0. The predicted molar refractivity (Wildman–Crippen MR) is 93.0 cm³/mol. The molecule has 0 spiro atoms. The minimum atomic E-state index is -0.0175. The van der Waals surface area contributed by atoms with Gasteiger partial charge in [-0.3, -0.25) is 4.79 Å². The average Bonchev–Trinajstić information content (AvgIpc) is 3.08. The van der Waals surface area contributed by atoms with Crippen LogP contribution in [0.3, 0.4) is 0 Å². The van der Waals surface area contributed by atoms with E-state index in [2.05, 4.69) is 5.32 Å². The van der Waals surface area contributed by atoms with Gasteiger partial charge in [-0.2, -0.15) is 0 Å². The molecule has 25 heavy (non-hydrogen) atoms. The number of hydrogen-bond acceptors (Lipinski definition) is 4. The Balaban J connectivity index is 1.65. The van der Waals surface area contributed by atoms with Crippen LogP contribution in [0.5, 0.6) is 11.5 Å². The Morgan fingerprint density at radius 2 is 2.12 bits per heavy atom. The van der Waals surface area contributed by atoms with Gasteiger partial charge in [-0.15, -0.1) is 0 Å². The minimum Gasteiger partial charge on any atom is -0.497 e. The topological polar surface area (TPSA) is 71.1 Å². The number of nitrogens with one attached hydrogen (secondary N) is 1. The van der Waals surface area contributed by atoms with Crippen LogP contribution in [0.4, 0.5) is 4.79 Å². The number of carbonyl (C=O) groups is 2. The van der Waals surface area contributed by atoms with Crippen molar-refractivity contribution in [2.45, 2.75) is 25.3 Å². The number of amides is 3. The first-order valence-corrected chi connectivity index (χ1v) is 8.65. The molecule has 0 bridgehead atoms. The molecule has 1 atom stereocenters. The Morgan fingerprint density at radius 3 is 2.80 bits per heavy atom. The van der Waals surface area contributed by atoms with Crippen molar-refractivity contribution in [3.63, 3.8) is 0 Å². The second-order valence-electron chi connectivity index (χ2n) is 6.42. The van der Waals surface area contributed by atoms with E-state index in [1.165, 1.54) is 0 Å². The number of ether oxygens (including phenoxy) is 2. The predicted octanol–water partition coefficient (Wildman–Crippen LogP) is 1.26. The van der Waals surface area contributed by atoms with Gasteiger partial charge in [0.1, 0.15) is 11.5 Å². The molecular formula is C18H25N3O4. The number of nitrogens with zero attached hydrogens (tertiary/aromatic N) is 2. The fourth-order valence-electron chi connectivity index (χ4n) is 3.54. The summed E-state index contributed by atoms with van der Waals surface area (Å²) in [6, 6.07) is 5.58. The lowest BCUT2D eigenvalue weighted by molar-refractivity contribution is -0.132. The molecule has 2 fully saturated rings. The lowest BCUT2D eigenvalue weighted by Crippen LogP contribution is -2.51. The van der Waals surface area contributed by atoms with E-state index in [1.807, 2.05) is 21.9 Å². The normalized spacial score (nSPS) is 20.4. The molecule has 136 valence electrons. The van der Waals surface area contributed by atoms with Gasteiger partial charge in [-0.05, 0) is 18.9 Å². The third-order valence-corrected chi connectivity index (χ3v) is 4.92. The van der Waals surface area contributed by atoms with E-state index in [-0.39, 0.29) is 24.4 Å². The first-order chi connectivity index (χ1) is 12.1. The molecule has 0 aliphatic carbocycles. The van der Waals surface area contributed by atoms with Crippen molar-refractivity contribution >= 4 is 11.9 Å². The van der Waals surface area contributed by atoms with Gasteiger partial charge in [0, 0.05) is 37.8 Å². The van der Waals surface area contributed by atoms with Crippen molar-refractivity contribution in [3.8, 4) is 11.5 Å². The summed E-state index contributed by atoms with van der Waals surface area (Å²) in [6.07, 6.45) is 2.15. The van der Waals surface area contributed by atoms with Crippen LogP contribution in [0.1, 0.15) is 18.4 Å². The summed E-state index contributed by atoms with van der Waals surface area (Å²) < 4.78 is 10.6. The van der Waals surface area contributed by atoms with Crippen molar-refractivity contribution < 1.29 is 19.1 Å². The van der Waals surface area contributed by atoms with Crippen LogP contribution < -0.4 is 14.8 Å². The summed E-state index contributed by atoms with van der Waals surface area (Å²) in [4.78, 5) is 28.3. The molecule has 3 rings (SSSR count). The maximum atomic E-state index is 12.8. The van der Waals surface area contributed by atoms with Crippen molar-refractivity contribution in [1.29, 1.82) is 0 Å². The van der Waals surface area contributed by atoms with Gasteiger partial charge >= 0.3 is 6.03 Å². The zero-order valence-electron chi connectivity index (χ0n) is 14.8.